The Balaban J connectivity index is 2.11. The summed E-state index contributed by atoms with van der Waals surface area (Å²) in [6.45, 7) is 2.80. The molecule has 0 bridgehead atoms. The minimum Gasteiger partial charge on any atom is -0.285 e. The van der Waals surface area contributed by atoms with Crippen LogP contribution in [0.25, 0.3) is 10.9 Å². The van der Waals surface area contributed by atoms with Crippen LogP contribution in [0.4, 0.5) is 0 Å². The van der Waals surface area contributed by atoms with Crippen molar-refractivity contribution in [2.45, 2.75) is 19.9 Å². The maximum Gasteiger partial charge on any atom is 0.231 e. The Morgan fingerprint density at radius 2 is 2.05 bits per heavy atom. The summed E-state index contributed by atoms with van der Waals surface area (Å²) in [5, 5.41) is 9.45. The van der Waals surface area contributed by atoms with Crippen molar-refractivity contribution >= 4 is 16.7 Å². The van der Waals surface area contributed by atoms with Gasteiger partial charge in [-0.1, -0.05) is 25.1 Å². The molecular weight excluding hydrogens is 252 g/mol. The van der Waals surface area contributed by atoms with Crippen molar-refractivity contribution in [3.05, 3.63) is 47.9 Å². The molecule has 0 saturated carbocycles. The molecule has 0 saturated heterocycles. The van der Waals surface area contributed by atoms with E-state index < -0.39 is 0 Å². The summed E-state index contributed by atoms with van der Waals surface area (Å²) in [7, 11) is 1.85. The molecule has 0 atom stereocenters. The third-order valence-corrected chi connectivity index (χ3v) is 3.36. The molecule has 0 aliphatic carbocycles. The molecule has 0 spiro atoms. The molecule has 0 fully saturated rings. The third-order valence-electron chi connectivity index (χ3n) is 3.36. The van der Waals surface area contributed by atoms with Crippen molar-refractivity contribution in [1.82, 2.24) is 19.6 Å². The molecule has 5 heteroatoms. The summed E-state index contributed by atoms with van der Waals surface area (Å²) < 4.78 is 3.48. The van der Waals surface area contributed by atoms with Crippen LogP contribution in [-0.4, -0.2) is 25.3 Å². The van der Waals surface area contributed by atoms with E-state index in [1.807, 2.05) is 31.3 Å². The molecule has 2 aromatic heterocycles. The average Bonchev–Trinajstić information content (AvgIpc) is 3.04. The highest BCUT2D eigenvalue weighted by molar-refractivity contribution is 6.14. The first-order chi connectivity index (χ1) is 9.72. The van der Waals surface area contributed by atoms with Crippen LogP contribution in [0.2, 0.25) is 0 Å². The number of nitrogens with zero attached hydrogens (tertiary/aromatic N) is 4. The van der Waals surface area contributed by atoms with Gasteiger partial charge >= 0.3 is 0 Å². The highest BCUT2D eigenvalue weighted by Gasteiger charge is 2.20. The number of fused-ring (bicyclic) bond motifs is 1. The first kappa shape index (κ1) is 12.6. The minimum atomic E-state index is -0.0762. The normalized spacial score (nSPS) is 11.1. The second kappa shape index (κ2) is 4.92. The summed E-state index contributed by atoms with van der Waals surface area (Å²) in [6, 6.07) is 9.50. The van der Waals surface area contributed by atoms with Crippen molar-refractivity contribution in [1.29, 1.82) is 0 Å². The Hall–Kier alpha value is -2.43. The molecule has 0 radical (unpaired) electrons. The molecule has 2 heterocycles. The number of aromatic nitrogens is 4. The lowest BCUT2D eigenvalue weighted by Gasteiger charge is -2.03. The number of hydrogen-bond acceptors (Lipinski definition) is 3. The zero-order chi connectivity index (χ0) is 14.1. The van der Waals surface area contributed by atoms with Crippen LogP contribution in [0, 0.1) is 0 Å². The molecule has 0 aliphatic rings. The van der Waals surface area contributed by atoms with Gasteiger partial charge in [-0.15, -0.1) is 0 Å². The number of benzene rings is 1. The Kier molecular flexibility index (Phi) is 3.10. The fraction of sp³-hybridized carbons (Fsp3) is 0.267. The number of hydrogen-bond donors (Lipinski definition) is 0. The van der Waals surface area contributed by atoms with Crippen molar-refractivity contribution in [3.8, 4) is 0 Å². The summed E-state index contributed by atoms with van der Waals surface area (Å²) in [6.07, 6.45) is 2.60. The second-order valence-electron chi connectivity index (χ2n) is 4.76. The molecule has 0 N–H and O–H groups in total. The lowest BCUT2D eigenvalue weighted by Crippen LogP contribution is -2.12. The van der Waals surface area contributed by atoms with Gasteiger partial charge in [-0.3, -0.25) is 14.2 Å². The van der Waals surface area contributed by atoms with Crippen molar-refractivity contribution in [3.63, 3.8) is 0 Å². The average molecular weight is 268 g/mol. The molecule has 0 amide bonds. The minimum absolute atomic E-state index is 0.0762. The Bertz CT molecular complexity index is 769. The first-order valence-electron chi connectivity index (χ1n) is 6.70. The van der Waals surface area contributed by atoms with E-state index in [0.29, 0.717) is 11.4 Å². The van der Waals surface area contributed by atoms with Crippen molar-refractivity contribution in [2.75, 3.05) is 0 Å². The monoisotopic (exact) mass is 268 g/mol. The predicted octanol–water partition coefficient (Wildman–Crippen LogP) is 2.41. The van der Waals surface area contributed by atoms with Gasteiger partial charge < -0.3 is 0 Å². The third kappa shape index (κ3) is 1.91. The summed E-state index contributed by atoms with van der Waals surface area (Å²) in [4.78, 5) is 12.7. The molecule has 3 aromatic rings. The van der Waals surface area contributed by atoms with E-state index in [2.05, 4.69) is 17.1 Å². The van der Waals surface area contributed by atoms with Gasteiger partial charge in [0.05, 0.1) is 5.52 Å². The fourth-order valence-electron chi connectivity index (χ4n) is 2.42. The Labute approximate surface area is 116 Å². The second-order valence-corrected chi connectivity index (χ2v) is 4.76. The molecule has 102 valence electrons. The Morgan fingerprint density at radius 1 is 1.25 bits per heavy atom. The number of aryl methyl sites for hydroxylation is 2. The molecule has 0 unspecified atom stereocenters. The number of carbonyl (C=O) groups excluding carboxylic acids is 1. The van der Waals surface area contributed by atoms with Crippen LogP contribution >= 0.6 is 0 Å². The first-order valence-corrected chi connectivity index (χ1v) is 6.70. The van der Waals surface area contributed by atoms with Gasteiger partial charge in [0, 0.05) is 25.2 Å². The van der Waals surface area contributed by atoms with E-state index in [4.69, 9.17) is 0 Å². The highest BCUT2D eigenvalue weighted by atomic mass is 16.1. The van der Waals surface area contributed by atoms with Crippen LogP contribution in [0.15, 0.2) is 36.5 Å². The zero-order valence-electron chi connectivity index (χ0n) is 11.6. The van der Waals surface area contributed by atoms with Gasteiger partial charge in [-0.25, -0.2) is 0 Å². The standard InChI is InChI=1S/C15H16N4O/c1-3-10-19-13(8-9-16-19)15(20)14-11-6-4-5-7-12(11)18(2)17-14/h4-9H,3,10H2,1-2H3. The number of para-hydroxylation sites is 1. The van der Waals surface area contributed by atoms with Crippen molar-refractivity contribution < 1.29 is 4.79 Å². The summed E-state index contributed by atoms with van der Waals surface area (Å²) >= 11 is 0. The van der Waals surface area contributed by atoms with Gasteiger partial charge in [0.15, 0.2) is 0 Å². The molecule has 1 aromatic carbocycles. The van der Waals surface area contributed by atoms with Crippen LogP contribution < -0.4 is 0 Å². The number of carbonyl (C=O) groups is 1. The van der Waals surface area contributed by atoms with E-state index in [9.17, 15) is 4.79 Å². The zero-order valence-corrected chi connectivity index (χ0v) is 11.6. The number of ketones is 1. The molecule has 3 rings (SSSR count). The smallest absolute Gasteiger partial charge is 0.231 e. The van der Waals surface area contributed by atoms with E-state index in [1.54, 1.807) is 21.6 Å². The highest BCUT2D eigenvalue weighted by Crippen LogP contribution is 2.20. The lowest BCUT2D eigenvalue weighted by molar-refractivity contribution is 0.102. The van der Waals surface area contributed by atoms with Crippen LogP contribution in [0.3, 0.4) is 0 Å². The van der Waals surface area contributed by atoms with Gasteiger partial charge in [-0.2, -0.15) is 10.2 Å². The maximum absolute atomic E-state index is 12.7. The Morgan fingerprint density at radius 3 is 2.85 bits per heavy atom. The van der Waals surface area contributed by atoms with E-state index >= 15 is 0 Å². The largest absolute Gasteiger partial charge is 0.285 e. The number of rotatable bonds is 4. The topological polar surface area (TPSA) is 52.7 Å². The molecular formula is C15H16N4O. The van der Waals surface area contributed by atoms with E-state index in [0.717, 1.165) is 23.9 Å². The summed E-state index contributed by atoms with van der Waals surface area (Å²) in [5.41, 5.74) is 2.04. The van der Waals surface area contributed by atoms with E-state index in [-0.39, 0.29) is 5.78 Å². The summed E-state index contributed by atoms with van der Waals surface area (Å²) in [5.74, 6) is -0.0762. The lowest BCUT2D eigenvalue weighted by atomic mass is 10.1. The van der Waals surface area contributed by atoms with Crippen LogP contribution in [0.1, 0.15) is 29.5 Å². The van der Waals surface area contributed by atoms with Gasteiger partial charge in [0.2, 0.25) is 5.78 Å². The molecule has 0 aliphatic heterocycles. The van der Waals surface area contributed by atoms with Crippen LogP contribution in [0.5, 0.6) is 0 Å². The fourth-order valence-corrected chi connectivity index (χ4v) is 2.42. The van der Waals surface area contributed by atoms with Crippen molar-refractivity contribution in [2.24, 2.45) is 7.05 Å². The van der Waals surface area contributed by atoms with E-state index in [1.165, 1.54) is 0 Å². The SMILES string of the molecule is CCCn1nccc1C(=O)c1nn(C)c2ccccc12. The molecule has 5 nitrogen and oxygen atoms in total. The quantitative estimate of drug-likeness (QED) is 0.683. The maximum atomic E-state index is 12.7. The van der Waals surface area contributed by atoms with Gasteiger partial charge in [-0.05, 0) is 18.6 Å². The molecule has 20 heavy (non-hydrogen) atoms. The predicted molar refractivity (Wildman–Crippen MR) is 76.7 cm³/mol. The van der Waals surface area contributed by atoms with Crippen LogP contribution in [-0.2, 0) is 13.6 Å². The van der Waals surface area contributed by atoms with Gasteiger partial charge in [0.25, 0.3) is 0 Å². The van der Waals surface area contributed by atoms with Gasteiger partial charge in [0.1, 0.15) is 11.4 Å².